The third kappa shape index (κ3) is 6.35. The molecule has 0 unspecified atom stereocenters. The van der Waals surface area contributed by atoms with Crippen LogP contribution in [0.3, 0.4) is 0 Å². The Labute approximate surface area is 296 Å². The first-order valence-electron chi connectivity index (χ1n) is 16.2. The standard InChI is InChI=1S/C44H37NO2S2/c1-6-8-31-10-7-9-29-12-15-34(16-13-29)39-25-37-41(46-4)44-38(42(47-5)43(37)48-39)26-40(49-44)35-23-21-33(22-24-35)32-19-17-30(18-20-32)28(2)11-14-36(31)27-45-3/h6-8,10-27H,1,9H2,2-5H3/b10-7-,28-11-,31-8+,36-14+,45-27?. The number of ether oxygens (including phenoxy) is 2. The Bertz CT molecular complexity index is 2270. The van der Waals surface area contributed by atoms with Crippen molar-refractivity contribution in [2.45, 2.75) is 13.3 Å². The van der Waals surface area contributed by atoms with Gasteiger partial charge in [0, 0.05) is 33.8 Å². The molecule has 242 valence electrons. The summed E-state index contributed by atoms with van der Waals surface area (Å²) in [7, 11) is 5.33. The maximum atomic E-state index is 6.11. The minimum atomic E-state index is 0.806. The van der Waals surface area contributed by atoms with Gasteiger partial charge in [-0.2, -0.15) is 0 Å². The molecule has 6 aliphatic heterocycles. The van der Waals surface area contributed by atoms with Gasteiger partial charge < -0.3 is 9.47 Å². The molecule has 8 heterocycles. The van der Waals surface area contributed by atoms with Crippen LogP contribution >= 0.6 is 22.7 Å². The third-order valence-corrected chi connectivity index (χ3v) is 11.3. The molecule has 6 aliphatic rings. The van der Waals surface area contributed by atoms with E-state index >= 15 is 0 Å². The third-order valence-electron chi connectivity index (χ3n) is 8.92. The lowest BCUT2D eigenvalue weighted by Gasteiger charge is -2.08. The molecule has 0 atom stereocenters. The maximum absolute atomic E-state index is 6.11. The molecule has 0 amide bonds. The van der Waals surface area contributed by atoms with Crippen LogP contribution in [0.5, 0.6) is 11.5 Å². The molecule has 6 aromatic rings. The highest BCUT2D eigenvalue weighted by molar-refractivity contribution is 7.24. The molecule has 49 heavy (non-hydrogen) atoms. The van der Waals surface area contributed by atoms with Crippen LogP contribution in [0.15, 0.2) is 144 Å². The van der Waals surface area contributed by atoms with Gasteiger partial charge in [0.05, 0.1) is 23.6 Å². The van der Waals surface area contributed by atoms with Gasteiger partial charge in [0.25, 0.3) is 0 Å². The van der Waals surface area contributed by atoms with E-state index in [0.717, 1.165) is 49.2 Å². The number of benzene rings is 4. The summed E-state index contributed by atoms with van der Waals surface area (Å²) < 4.78 is 14.4. The number of fused-ring (bicyclic) bond motifs is 1. The molecule has 2 aromatic heterocycles. The number of thiophene rings is 2. The van der Waals surface area contributed by atoms with E-state index in [2.05, 4.69) is 128 Å². The van der Waals surface area contributed by atoms with E-state index < -0.39 is 0 Å². The smallest absolute Gasteiger partial charge is 0.145 e. The summed E-state index contributed by atoms with van der Waals surface area (Å²) in [6.07, 6.45) is 15.2. The van der Waals surface area contributed by atoms with E-state index in [1.807, 2.05) is 18.4 Å². The van der Waals surface area contributed by atoms with Crippen LogP contribution in [-0.2, 0) is 6.42 Å². The molecule has 0 aliphatic carbocycles. The Kier molecular flexibility index (Phi) is 9.30. The Morgan fingerprint density at radius 1 is 0.694 bits per heavy atom. The normalized spacial score (nSPS) is 17.0. The Morgan fingerprint density at radius 2 is 1.20 bits per heavy atom. The number of hydrogen-bond acceptors (Lipinski definition) is 5. The van der Waals surface area contributed by atoms with Crippen molar-refractivity contribution >= 4 is 54.6 Å². The summed E-state index contributed by atoms with van der Waals surface area (Å²) in [6, 6.07) is 30.9. The fourth-order valence-corrected chi connectivity index (χ4v) is 8.71. The highest BCUT2D eigenvalue weighted by Crippen LogP contribution is 2.52. The molecule has 5 heteroatoms. The number of methoxy groups -OCH3 is 2. The zero-order valence-electron chi connectivity index (χ0n) is 28.1. The molecular formula is C44H37NO2S2. The van der Waals surface area contributed by atoms with E-state index in [1.54, 1.807) is 43.9 Å². The van der Waals surface area contributed by atoms with E-state index in [9.17, 15) is 0 Å². The molecule has 0 fully saturated rings. The molecule has 4 aromatic carbocycles. The first-order chi connectivity index (χ1) is 24.0. The second kappa shape index (κ2) is 14.1. The predicted molar refractivity (Wildman–Crippen MR) is 214 cm³/mol. The number of nitrogens with zero attached hydrogens (tertiary/aromatic N) is 1. The van der Waals surface area contributed by atoms with Gasteiger partial charge in [-0.25, -0.2) is 0 Å². The van der Waals surface area contributed by atoms with Crippen molar-refractivity contribution in [1.29, 1.82) is 0 Å². The van der Waals surface area contributed by atoms with E-state index in [-0.39, 0.29) is 0 Å². The molecule has 0 saturated heterocycles. The SMILES string of the molecule is C=C/C=C1\C=C/Cc2ccc(cc2)-c2cc3c(OC)c4sc(cc4c(OC)c3s2)-c2ccc(cc2)-c2ccc(cc2)/C(C)=C\C=C\1C=NC. The minimum absolute atomic E-state index is 0.806. The highest BCUT2D eigenvalue weighted by Gasteiger charge is 2.22. The van der Waals surface area contributed by atoms with Gasteiger partial charge in [0.2, 0.25) is 0 Å². The number of aliphatic imine (C=N–C) groups is 1. The van der Waals surface area contributed by atoms with Crippen molar-refractivity contribution in [2.24, 2.45) is 4.99 Å². The van der Waals surface area contributed by atoms with Gasteiger partial charge in [0.1, 0.15) is 11.5 Å². The molecule has 0 N–H and O–H groups in total. The van der Waals surface area contributed by atoms with Crippen LogP contribution in [0.2, 0.25) is 0 Å². The number of allylic oxidation sites excluding steroid dienone is 9. The molecule has 0 saturated carbocycles. The quantitative estimate of drug-likeness (QED) is 0.174. The highest BCUT2D eigenvalue weighted by atomic mass is 32.1. The van der Waals surface area contributed by atoms with Gasteiger partial charge >= 0.3 is 0 Å². The summed E-state index contributed by atoms with van der Waals surface area (Å²) in [5, 5.41) is 2.16. The lowest BCUT2D eigenvalue weighted by atomic mass is 9.99. The van der Waals surface area contributed by atoms with Crippen LogP contribution < -0.4 is 9.47 Å². The van der Waals surface area contributed by atoms with Gasteiger partial charge in [-0.15, -0.1) is 22.7 Å². The van der Waals surface area contributed by atoms with Crippen LogP contribution in [0, 0.1) is 0 Å². The van der Waals surface area contributed by atoms with Crippen LogP contribution in [0.4, 0.5) is 0 Å². The molecular weight excluding hydrogens is 639 g/mol. The van der Waals surface area contributed by atoms with Crippen molar-refractivity contribution in [3.8, 4) is 43.5 Å². The summed E-state index contributed by atoms with van der Waals surface area (Å²) in [4.78, 5) is 6.71. The molecule has 0 radical (unpaired) electrons. The average molecular weight is 676 g/mol. The first kappa shape index (κ1) is 32.3. The van der Waals surface area contributed by atoms with Crippen molar-refractivity contribution in [1.82, 2.24) is 0 Å². The molecule has 12 rings (SSSR count). The Morgan fingerprint density at radius 3 is 1.71 bits per heavy atom. The van der Waals surface area contributed by atoms with Gasteiger partial charge in [-0.05, 0) is 75.6 Å². The lowest BCUT2D eigenvalue weighted by Crippen LogP contribution is -1.90. The van der Waals surface area contributed by atoms with Gasteiger partial charge in [-0.1, -0.05) is 116 Å². The van der Waals surface area contributed by atoms with Crippen LogP contribution in [0.1, 0.15) is 18.1 Å². The van der Waals surface area contributed by atoms with E-state index in [0.29, 0.717) is 0 Å². The van der Waals surface area contributed by atoms with Gasteiger partial charge in [-0.3, -0.25) is 4.99 Å². The fourth-order valence-electron chi connectivity index (χ4n) is 6.31. The van der Waals surface area contributed by atoms with E-state index in [1.165, 1.54) is 48.7 Å². The monoisotopic (exact) mass is 675 g/mol. The van der Waals surface area contributed by atoms with Crippen molar-refractivity contribution in [3.05, 3.63) is 150 Å². The first-order valence-corrected chi connectivity index (χ1v) is 17.9. The molecule has 0 spiro atoms. The Balaban J connectivity index is 1.38. The Hall–Kier alpha value is -5.23. The fraction of sp³-hybridized carbons (Fsp3) is 0.114. The van der Waals surface area contributed by atoms with Crippen molar-refractivity contribution in [3.63, 3.8) is 0 Å². The van der Waals surface area contributed by atoms with Crippen molar-refractivity contribution < 1.29 is 9.47 Å². The maximum Gasteiger partial charge on any atom is 0.145 e. The predicted octanol–water partition coefficient (Wildman–Crippen LogP) is 12.4. The molecule has 12 bridgehead atoms. The van der Waals surface area contributed by atoms with Gasteiger partial charge in [0.15, 0.2) is 0 Å². The summed E-state index contributed by atoms with van der Waals surface area (Å²) in [5.74, 6) is 1.80. The second-order valence-corrected chi connectivity index (χ2v) is 14.1. The molecule has 3 nitrogen and oxygen atoms in total. The largest absolute Gasteiger partial charge is 0.495 e. The zero-order chi connectivity index (χ0) is 33.9. The lowest BCUT2D eigenvalue weighted by molar-refractivity contribution is 0.419. The number of hydrogen-bond donors (Lipinski definition) is 0. The topological polar surface area (TPSA) is 30.8 Å². The van der Waals surface area contributed by atoms with Crippen molar-refractivity contribution in [2.75, 3.05) is 21.3 Å². The van der Waals surface area contributed by atoms with E-state index in [4.69, 9.17) is 9.47 Å². The van der Waals surface area contributed by atoms with Crippen LogP contribution in [0.25, 0.3) is 57.8 Å². The second-order valence-electron chi connectivity index (χ2n) is 11.9. The minimum Gasteiger partial charge on any atom is -0.495 e. The summed E-state index contributed by atoms with van der Waals surface area (Å²) >= 11 is 3.49. The summed E-state index contributed by atoms with van der Waals surface area (Å²) in [6.45, 7) is 6.11. The number of rotatable bonds is 4. The average Bonchev–Trinajstić information content (AvgIpc) is 3.78. The zero-order valence-corrected chi connectivity index (χ0v) is 29.8. The summed E-state index contributed by atoms with van der Waals surface area (Å²) in [5.41, 5.74) is 10.4. The van der Waals surface area contributed by atoms with Crippen LogP contribution in [-0.4, -0.2) is 27.5 Å².